The lowest BCUT2D eigenvalue weighted by molar-refractivity contribution is -0.139. The van der Waals surface area contributed by atoms with Crippen molar-refractivity contribution < 1.29 is 29.0 Å². The number of rotatable bonds is 5. The number of methoxy groups -OCH3 is 2. The van der Waals surface area contributed by atoms with E-state index in [0.29, 0.717) is 12.2 Å². The van der Waals surface area contributed by atoms with Crippen molar-refractivity contribution in [3.8, 4) is 0 Å². The maximum atomic E-state index is 11.9. The van der Waals surface area contributed by atoms with E-state index in [2.05, 4.69) is 9.47 Å². The molecule has 0 aliphatic carbocycles. The zero-order valence-corrected chi connectivity index (χ0v) is 11.8. The van der Waals surface area contributed by atoms with Crippen LogP contribution in [0.15, 0.2) is 0 Å². The predicted molar refractivity (Wildman–Crippen MR) is 68.9 cm³/mol. The zero-order valence-electron chi connectivity index (χ0n) is 11.8. The Morgan fingerprint density at radius 3 is 2.20 bits per heavy atom. The monoisotopic (exact) mass is 283 g/mol. The Morgan fingerprint density at radius 2 is 1.80 bits per heavy atom. The first kappa shape index (κ1) is 15.7. The maximum Gasteiger partial charge on any atom is 0.355 e. The minimum absolute atomic E-state index is 0.0577. The largest absolute Gasteiger partial charge is 0.478 e. The van der Waals surface area contributed by atoms with E-state index in [1.807, 2.05) is 0 Å². The normalized spacial score (nSPS) is 10.2. The van der Waals surface area contributed by atoms with Crippen LogP contribution in [0.3, 0.4) is 0 Å². The highest BCUT2D eigenvalue weighted by molar-refractivity contribution is 5.99. The number of hydrogen-bond acceptors (Lipinski definition) is 5. The lowest BCUT2D eigenvalue weighted by atomic mass is 10.1. The number of nitrogens with zero attached hydrogens (tertiary/aromatic N) is 1. The van der Waals surface area contributed by atoms with Gasteiger partial charge in [-0.3, -0.25) is 4.79 Å². The molecule has 0 aliphatic heterocycles. The van der Waals surface area contributed by atoms with E-state index >= 15 is 0 Å². The second-order valence-corrected chi connectivity index (χ2v) is 4.08. The van der Waals surface area contributed by atoms with Crippen molar-refractivity contribution in [1.82, 2.24) is 4.57 Å². The molecule has 7 nitrogen and oxygen atoms in total. The fraction of sp³-hybridized carbons (Fsp3) is 0.462. The molecule has 1 aromatic rings. The highest BCUT2D eigenvalue weighted by Crippen LogP contribution is 2.25. The van der Waals surface area contributed by atoms with Crippen molar-refractivity contribution in [2.24, 2.45) is 0 Å². The quantitative estimate of drug-likeness (QED) is 0.810. The van der Waals surface area contributed by atoms with Crippen LogP contribution in [0.1, 0.15) is 39.0 Å². The minimum Gasteiger partial charge on any atom is -0.478 e. The van der Waals surface area contributed by atoms with Crippen LogP contribution in [0.25, 0.3) is 0 Å². The number of aromatic nitrogens is 1. The standard InChI is InChI=1S/C13H17NO6/c1-5-14-7(2)10(12(16)17)8(6-9(15)19-3)11(14)13(18)20-4/h5-6H2,1-4H3,(H,16,17). The van der Waals surface area contributed by atoms with Crippen molar-refractivity contribution in [2.75, 3.05) is 14.2 Å². The van der Waals surface area contributed by atoms with Gasteiger partial charge in [0.05, 0.1) is 26.2 Å². The van der Waals surface area contributed by atoms with Gasteiger partial charge >= 0.3 is 17.9 Å². The van der Waals surface area contributed by atoms with Gasteiger partial charge in [0, 0.05) is 17.8 Å². The molecule has 0 spiro atoms. The van der Waals surface area contributed by atoms with Crippen LogP contribution >= 0.6 is 0 Å². The molecule has 0 unspecified atom stereocenters. The summed E-state index contributed by atoms with van der Waals surface area (Å²) in [6.45, 7) is 3.74. The summed E-state index contributed by atoms with van der Waals surface area (Å²) in [4.78, 5) is 34.7. The number of carboxylic acids is 1. The highest BCUT2D eigenvalue weighted by Gasteiger charge is 2.30. The third kappa shape index (κ3) is 2.66. The summed E-state index contributed by atoms with van der Waals surface area (Å²) >= 11 is 0. The van der Waals surface area contributed by atoms with Crippen LogP contribution in [0.2, 0.25) is 0 Å². The van der Waals surface area contributed by atoms with Gasteiger partial charge in [0.15, 0.2) is 0 Å². The lowest BCUT2D eigenvalue weighted by Crippen LogP contribution is -2.15. The fourth-order valence-electron chi connectivity index (χ4n) is 2.20. The summed E-state index contributed by atoms with van der Waals surface area (Å²) in [6, 6.07) is 0. The summed E-state index contributed by atoms with van der Waals surface area (Å²) in [7, 11) is 2.40. The van der Waals surface area contributed by atoms with Crippen molar-refractivity contribution in [1.29, 1.82) is 0 Å². The molecule has 0 aromatic carbocycles. The highest BCUT2D eigenvalue weighted by atomic mass is 16.5. The van der Waals surface area contributed by atoms with Gasteiger partial charge in [-0.15, -0.1) is 0 Å². The van der Waals surface area contributed by atoms with Crippen LogP contribution in [0.5, 0.6) is 0 Å². The molecule has 0 saturated carbocycles. The molecule has 0 atom stereocenters. The summed E-state index contributed by atoms with van der Waals surface area (Å²) in [6.07, 6.45) is -0.295. The number of hydrogen-bond donors (Lipinski definition) is 1. The molecular formula is C13H17NO6. The van der Waals surface area contributed by atoms with Gasteiger partial charge in [-0.25, -0.2) is 9.59 Å². The van der Waals surface area contributed by atoms with Gasteiger partial charge in [0.1, 0.15) is 5.69 Å². The number of carboxylic acid groups (broad SMARTS) is 1. The Balaban J connectivity index is 3.60. The first-order valence-electron chi connectivity index (χ1n) is 5.99. The summed E-state index contributed by atoms with van der Waals surface area (Å²) in [5.41, 5.74) is 0.544. The van der Waals surface area contributed by atoms with Crippen LogP contribution in [-0.2, 0) is 27.2 Å². The van der Waals surface area contributed by atoms with Gasteiger partial charge in [0.2, 0.25) is 0 Å². The third-order valence-electron chi connectivity index (χ3n) is 3.08. The van der Waals surface area contributed by atoms with Gasteiger partial charge < -0.3 is 19.1 Å². The molecule has 0 radical (unpaired) electrons. The Labute approximate surface area is 116 Å². The number of ether oxygens (including phenoxy) is 2. The molecule has 1 aromatic heterocycles. The van der Waals surface area contributed by atoms with E-state index < -0.39 is 17.9 Å². The smallest absolute Gasteiger partial charge is 0.355 e. The van der Waals surface area contributed by atoms with Crippen LogP contribution in [-0.4, -0.2) is 41.8 Å². The van der Waals surface area contributed by atoms with Crippen molar-refractivity contribution in [3.63, 3.8) is 0 Å². The molecule has 0 saturated heterocycles. The molecule has 0 amide bonds. The number of esters is 2. The third-order valence-corrected chi connectivity index (χ3v) is 3.08. The summed E-state index contributed by atoms with van der Waals surface area (Å²) in [5, 5.41) is 9.30. The summed E-state index contributed by atoms with van der Waals surface area (Å²) < 4.78 is 10.7. The van der Waals surface area contributed by atoms with Crippen LogP contribution in [0, 0.1) is 6.92 Å². The van der Waals surface area contributed by atoms with E-state index in [9.17, 15) is 19.5 Å². The first-order chi connectivity index (χ1) is 9.38. The number of aromatic carboxylic acids is 1. The van der Waals surface area contributed by atoms with Gasteiger partial charge in [-0.2, -0.15) is 0 Å². The van der Waals surface area contributed by atoms with Crippen LogP contribution in [0.4, 0.5) is 0 Å². The van der Waals surface area contributed by atoms with Gasteiger partial charge in [-0.05, 0) is 13.8 Å². The van der Waals surface area contributed by atoms with Gasteiger partial charge in [0.25, 0.3) is 0 Å². The molecular weight excluding hydrogens is 266 g/mol. The predicted octanol–water partition coefficient (Wildman–Crippen LogP) is 1.02. The molecule has 1 rings (SSSR count). The van der Waals surface area contributed by atoms with E-state index in [1.165, 1.54) is 18.8 Å². The van der Waals surface area contributed by atoms with E-state index in [1.54, 1.807) is 13.8 Å². The molecule has 7 heteroatoms. The van der Waals surface area contributed by atoms with E-state index in [0.717, 1.165) is 0 Å². The number of carbonyl (C=O) groups excluding carboxylic acids is 2. The Hall–Kier alpha value is -2.31. The molecule has 110 valence electrons. The molecule has 0 bridgehead atoms. The minimum atomic E-state index is -1.20. The average Bonchev–Trinajstić information content (AvgIpc) is 2.69. The lowest BCUT2D eigenvalue weighted by Gasteiger charge is -2.08. The van der Waals surface area contributed by atoms with E-state index in [-0.39, 0.29) is 23.2 Å². The van der Waals surface area contributed by atoms with Crippen LogP contribution < -0.4 is 0 Å². The Bertz CT molecular complexity index is 558. The Kier molecular flexibility index (Phi) is 4.90. The average molecular weight is 283 g/mol. The second kappa shape index (κ2) is 6.23. The first-order valence-corrected chi connectivity index (χ1v) is 5.99. The SMILES string of the molecule is CCn1c(C)c(C(=O)O)c(CC(=O)OC)c1C(=O)OC. The molecule has 1 heterocycles. The molecule has 0 fully saturated rings. The second-order valence-electron chi connectivity index (χ2n) is 4.08. The van der Waals surface area contributed by atoms with Crippen molar-refractivity contribution in [2.45, 2.75) is 26.8 Å². The number of carbonyl (C=O) groups is 3. The zero-order chi connectivity index (χ0) is 15.4. The maximum absolute atomic E-state index is 11.9. The summed E-state index contributed by atoms with van der Waals surface area (Å²) in [5.74, 6) is -2.49. The molecule has 20 heavy (non-hydrogen) atoms. The Morgan fingerprint density at radius 1 is 1.20 bits per heavy atom. The fourth-order valence-corrected chi connectivity index (χ4v) is 2.20. The molecule has 1 N–H and O–H groups in total. The van der Waals surface area contributed by atoms with Gasteiger partial charge in [-0.1, -0.05) is 0 Å². The van der Waals surface area contributed by atoms with Crippen molar-refractivity contribution in [3.05, 3.63) is 22.5 Å². The topological polar surface area (TPSA) is 94.8 Å². The molecule has 0 aliphatic rings. The van der Waals surface area contributed by atoms with E-state index in [4.69, 9.17) is 0 Å². The van der Waals surface area contributed by atoms with Crippen molar-refractivity contribution >= 4 is 17.9 Å².